The first-order valence-electron chi connectivity index (χ1n) is 5.23. The molecule has 1 aromatic heterocycles. The van der Waals surface area contributed by atoms with E-state index in [1.807, 2.05) is 0 Å². The first kappa shape index (κ1) is 11.1. The summed E-state index contributed by atoms with van der Waals surface area (Å²) in [5.41, 5.74) is 1.74. The van der Waals surface area contributed by atoms with Crippen LogP contribution in [0.15, 0.2) is 18.2 Å². The Kier molecular flexibility index (Phi) is 3.51. The van der Waals surface area contributed by atoms with E-state index in [4.69, 9.17) is 0 Å². The number of carbonyl (C=O) groups excluding carboxylic acids is 1. The van der Waals surface area contributed by atoms with E-state index in [-0.39, 0.29) is 11.9 Å². The van der Waals surface area contributed by atoms with Gasteiger partial charge in [0.15, 0.2) is 0 Å². The lowest BCUT2D eigenvalue weighted by Crippen LogP contribution is -2.44. The van der Waals surface area contributed by atoms with E-state index in [1.54, 1.807) is 16.8 Å². The van der Waals surface area contributed by atoms with Gasteiger partial charge in [-0.15, -0.1) is 10.2 Å². The third-order valence-corrected chi connectivity index (χ3v) is 3.40. The third kappa shape index (κ3) is 2.57. The zero-order valence-electron chi connectivity index (χ0n) is 8.93. The molecule has 0 aliphatic carbocycles. The lowest BCUT2D eigenvalue weighted by Gasteiger charge is -2.31. The highest BCUT2D eigenvalue weighted by Gasteiger charge is 2.21. The van der Waals surface area contributed by atoms with Gasteiger partial charge < -0.3 is 10.2 Å². The number of hydrogen-bond donors (Lipinski definition) is 1. The molecule has 0 atom stereocenters. The van der Waals surface area contributed by atoms with Crippen LogP contribution in [0.4, 0.5) is 5.13 Å². The summed E-state index contributed by atoms with van der Waals surface area (Å²) in [6, 6.07) is 0.259. The number of nitrogens with one attached hydrogen (secondary N) is 1. The smallest absolute Gasteiger partial charge is 0.243 e. The first-order chi connectivity index (χ1) is 7.79. The summed E-state index contributed by atoms with van der Waals surface area (Å²) in [5.74, 6) is -0.0886. The molecule has 2 heterocycles. The molecule has 1 aliphatic rings. The second kappa shape index (κ2) is 5.07. The van der Waals surface area contributed by atoms with Crippen molar-refractivity contribution in [2.75, 3.05) is 18.0 Å². The van der Waals surface area contributed by atoms with Crippen LogP contribution in [-0.2, 0) is 4.79 Å². The second-order valence-corrected chi connectivity index (χ2v) is 4.51. The number of piperidine rings is 1. The number of hydrogen-bond acceptors (Lipinski definition) is 5. The molecular weight excluding hydrogens is 224 g/mol. The van der Waals surface area contributed by atoms with E-state index in [0.29, 0.717) is 0 Å². The Morgan fingerprint density at radius 2 is 2.38 bits per heavy atom. The summed E-state index contributed by atoms with van der Waals surface area (Å²) in [6.07, 6.45) is 3.20. The average Bonchev–Trinajstić information content (AvgIpc) is 2.83. The number of amides is 1. The molecule has 2 rings (SSSR count). The molecule has 1 amide bonds. The Labute approximate surface area is 98.2 Å². The molecule has 0 unspecified atom stereocenters. The van der Waals surface area contributed by atoms with Crippen molar-refractivity contribution in [1.29, 1.82) is 0 Å². The van der Waals surface area contributed by atoms with Crippen LogP contribution in [0.25, 0.3) is 0 Å². The van der Waals surface area contributed by atoms with Crippen LogP contribution >= 0.6 is 11.3 Å². The van der Waals surface area contributed by atoms with Crippen molar-refractivity contribution >= 4 is 22.4 Å². The van der Waals surface area contributed by atoms with E-state index in [1.165, 1.54) is 6.08 Å². The van der Waals surface area contributed by atoms with Crippen LogP contribution in [0.1, 0.15) is 12.8 Å². The Balaban J connectivity index is 1.83. The van der Waals surface area contributed by atoms with Crippen LogP contribution in [0.2, 0.25) is 0 Å². The first-order valence-corrected chi connectivity index (χ1v) is 6.11. The van der Waals surface area contributed by atoms with Crippen LogP contribution in [0, 0.1) is 0 Å². The quantitative estimate of drug-likeness (QED) is 0.792. The molecular formula is C10H14N4OS. The molecule has 0 radical (unpaired) electrons. The van der Waals surface area contributed by atoms with Crippen molar-refractivity contribution in [2.45, 2.75) is 18.9 Å². The lowest BCUT2D eigenvalue weighted by molar-refractivity contribution is -0.117. The van der Waals surface area contributed by atoms with Gasteiger partial charge in [-0.05, 0) is 18.9 Å². The van der Waals surface area contributed by atoms with Gasteiger partial charge in [0, 0.05) is 19.1 Å². The zero-order valence-corrected chi connectivity index (χ0v) is 9.74. The number of rotatable bonds is 3. The number of aromatic nitrogens is 2. The summed E-state index contributed by atoms with van der Waals surface area (Å²) in [6.45, 7) is 5.27. The van der Waals surface area contributed by atoms with Gasteiger partial charge >= 0.3 is 0 Å². The van der Waals surface area contributed by atoms with E-state index in [2.05, 4.69) is 27.0 Å². The number of nitrogens with zero attached hydrogens (tertiary/aromatic N) is 3. The normalized spacial score (nSPS) is 17.1. The van der Waals surface area contributed by atoms with Gasteiger partial charge in [0.25, 0.3) is 0 Å². The van der Waals surface area contributed by atoms with Crippen molar-refractivity contribution in [3.05, 3.63) is 18.2 Å². The minimum absolute atomic E-state index is 0.0886. The average molecular weight is 238 g/mol. The fourth-order valence-corrected chi connectivity index (χ4v) is 2.39. The van der Waals surface area contributed by atoms with Gasteiger partial charge in [0.2, 0.25) is 11.0 Å². The van der Waals surface area contributed by atoms with Crippen LogP contribution in [0.3, 0.4) is 0 Å². The van der Waals surface area contributed by atoms with E-state index in [0.717, 1.165) is 31.1 Å². The minimum Gasteiger partial charge on any atom is -0.350 e. The van der Waals surface area contributed by atoms with Gasteiger partial charge in [-0.1, -0.05) is 17.9 Å². The molecule has 5 nitrogen and oxygen atoms in total. The molecule has 1 aromatic rings. The highest BCUT2D eigenvalue weighted by atomic mass is 32.1. The van der Waals surface area contributed by atoms with Gasteiger partial charge in [-0.3, -0.25) is 4.79 Å². The van der Waals surface area contributed by atoms with Crippen LogP contribution in [0.5, 0.6) is 0 Å². The lowest BCUT2D eigenvalue weighted by atomic mass is 10.1. The maximum absolute atomic E-state index is 11.1. The molecule has 16 heavy (non-hydrogen) atoms. The highest BCUT2D eigenvalue weighted by Crippen LogP contribution is 2.20. The zero-order chi connectivity index (χ0) is 11.4. The maximum Gasteiger partial charge on any atom is 0.243 e. The molecule has 1 N–H and O–H groups in total. The molecule has 0 spiro atoms. The molecule has 1 fully saturated rings. The summed E-state index contributed by atoms with van der Waals surface area (Å²) in [4.78, 5) is 13.3. The molecule has 0 bridgehead atoms. The Bertz CT molecular complexity index is 357. The Morgan fingerprint density at radius 1 is 1.62 bits per heavy atom. The fourth-order valence-electron chi connectivity index (χ4n) is 1.78. The van der Waals surface area contributed by atoms with Crippen molar-refractivity contribution in [3.63, 3.8) is 0 Å². The molecule has 1 aliphatic heterocycles. The maximum atomic E-state index is 11.1. The topological polar surface area (TPSA) is 58.1 Å². The van der Waals surface area contributed by atoms with Crippen LogP contribution in [-0.4, -0.2) is 35.2 Å². The predicted molar refractivity (Wildman–Crippen MR) is 63.5 cm³/mol. The van der Waals surface area contributed by atoms with Gasteiger partial charge in [-0.2, -0.15) is 0 Å². The van der Waals surface area contributed by atoms with Crippen molar-refractivity contribution in [3.8, 4) is 0 Å². The van der Waals surface area contributed by atoms with Crippen molar-refractivity contribution in [1.82, 2.24) is 15.5 Å². The molecule has 1 saturated heterocycles. The second-order valence-electron chi connectivity index (χ2n) is 3.70. The van der Waals surface area contributed by atoms with Gasteiger partial charge in [0.1, 0.15) is 5.51 Å². The summed E-state index contributed by atoms with van der Waals surface area (Å²) in [5, 5.41) is 11.7. The number of anilines is 1. The van der Waals surface area contributed by atoms with Gasteiger partial charge in [-0.25, -0.2) is 0 Å². The monoisotopic (exact) mass is 238 g/mol. The summed E-state index contributed by atoms with van der Waals surface area (Å²) in [7, 11) is 0. The largest absolute Gasteiger partial charge is 0.350 e. The van der Waals surface area contributed by atoms with E-state index < -0.39 is 0 Å². The van der Waals surface area contributed by atoms with Crippen LogP contribution < -0.4 is 10.2 Å². The molecule has 0 saturated carbocycles. The standard InChI is InChI=1S/C10H14N4OS/c1-2-9(15)12-8-3-5-14(6-4-8)10-13-11-7-16-10/h2,7-8H,1,3-6H2,(H,12,15). The molecule has 6 heteroatoms. The summed E-state index contributed by atoms with van der Waals surface area (Å²) < 4.78 is 0. The summed E-state index contributed by atoms with van der Waals surface area (Å²) >= 11 is 1.55. The van der Waals surface area contributed by atoms with Crippen molar-refractivity contribution in [2.24, 2.45) is 0 Å². The SMILES string of the molecule is C=CC(=O)NC1CCN(c2nncs2)CC1. The Hall–Kier alpha value is -1.43. The Morgan fingerprint density at radius 3 is 2.94 bits per heavy atom. The van der Waals surface area contributed by atoms with E-state index >= 15 is 0 Å². The van der Waals surface area contributed by atoms with Crippen molar-refractivity contribution < 1.29 is 4.79 Å². The molecule has 0 aromatic carbocycles. The highest BCUT2D eigenvalue weighted by molar-refractivity contribution is 7.13. The van der Waals surface area contributed by atoms with Gasteiger partial charge in [0.05, 0.1) is 0 Å². The number of carbonyl (C=O) groups is 1. The molecule has 86 valence electrons. The fraction of sp³-hybridized carbons (Fsp3) is 0.500. The van der Waals surface area contributed by atoms with E-state index in [9.17, 15) is 4.79 Å². The minimum atomic E-state index is -0.0886. The third-order valence-electron chi connectivity index (χ3n) is 2.65. The predicted octanol–water partition coefficient (Wildman–Crippen LogP) is 0.809.